The molecule has 3 fully saturated rings. The molecule has 4 atom stereocenters. The summed E-state index contributed by atoms with van der Waals surface area (Å²) in [6, 6.07) is 15.9. The van der Waals surface area contributed by atoms with Gasteiger partial charge in [0.05, 0.1) is 5.56 Å². The standard InChI is InChI=1S/C24H27N5O/c30-24(20-8-5-11-27-16-25-26-23(20)27)28-13-17-12-19(15-28)22-10-4-9-21(29(22)14-17)18-6-2-1-3-7-18/h1-3,5-8,11,16-17,19,21-22H,4,9-10,12-15H2/t17-,19+,21+,22-/m0/s1. The predicted molar refractivity (Wildman–Crippen MR) is 114 cm³/mol. The van der Waals surface area contributed by atoms with Crippen LogP contribution < -0.4 is 0 Å². The summed E-state index contributed by atoms with van der Waals surface area (Å²) >= 11 is 0. The average molecular weight is 402 g/mol. The van der Waals surface area contributed by atoms with Gasteiger partial charge in [-0.05, 0) is 55.2 Å². The van der Waals surface area contributed by atoms with E-state index in [0.29, 0.717) is 35.1 Å². The molecule has 6 heteroatoms. The molecule has 154 valence electrons. The Hall–Kier alpha value is -2.73. The van der Waals surface area contributed by atoms with Crippen molar-refractivity contribution in [2.24, 2.45) is 11.8 Å². The smallest absolute Gasteiger partial charge is 0.257 e. The lowest BCUT2D eigenvalue weighted by molar-refractivity contribution is -0.0511. The number of nitrogens with zero attached hydrogens (tertiary/aromatic N) is 5. The van der Waals surface area contributed by atoms with Gasteiger partial charge in [-0.25, -0.2) is 0 Å². The van der Waals surface area contributed by atoms with E-state index in [9.17, 15) is 4.79 Å². The van der Waals surface area contributed by atoms with E-state index in [0.717, 1.165) is 19.6 Å². The van der Waals surface area contributed by atoms with E-state index in [4.69, 9.17) is 0 Å². The van der Waals surface area contributed by atoms with Crippen molar-refractivity contribution in [1.29, 1.82) is 0 Å². The van der Waals surface area contributed by atoms with Crippen molar-refractivity contribution in [2.45, 2.75) is 37.8 Å². The first kappa shape index (κ1) is 18.1. The van der Waals surface area contributed by atoms with Crippen LogP contribution in [0.15, 0.2) is 55.0 Å². The summed E-state index contributed by atoms with van der Waals surface area (Å²) in [4.78, 5) is 18.3. The second kappa shape index (κ2) is 7.20. The Kier molecular flexibility index (Phi) is 4.34. The molecule has 3 aromatic rings. The summed E-state index contributed by atoms with van der Waals surface area (Å²) in [7, 11) is 0. The minimum Gasteiger partial charge on any atom is -0.338 e. The Bertz CT molecular complexity index is 1060. The maximum atomic E-state index is 13.4. The number of aromatic nitrogens is 3. The lowest BCUT2D eigenvalue weighted by Gasteiger charge is -2.55. The van der Waals surface area contributed by atoms with Gasteiger partial charge in [0.25, 0.3) is 5.91 Å². The number of hydrogen-bond acceptors (Lipinski definition) is 4. The van der Waals surface area contributed by atoms with Gasteiger partial charge < -0.3 is 4.90 Å². The van der Waals surface area contributed by atoms with Gasteiger partial charge in [-0.3, -0.25) is 14.1 Å². The third-order valence-corrected chi connectivity index (χ3v) is 7.41. The molecule has 0 aliphatic carbocycles. The molecule has 0 unspecified atom stereocenters. The molecule has 2 bridgehead atoms. The zero-order valence-electron chi connectivity index (χ0n) is 17.1. The number of amides is 1. The zero-order chi connectivity index (χ0) is 20.1. The van der Waals surface area contributed by atoms with Crippen LogP contribution in [0.4, 0.5) is 0 Å². The van der Waals surface area contributed by atoms with Gasteiger partial charge in [-0.1, -0.05) is 30.3 Å². The summed E-state index contributed by atoms with van der Waals surface area (Å²) in [6.45, 7) is 2.79. The molecular weight excluding hydrogens is 374 g/mol. The number of hydrogen-bond donors (Lipinski definition) is 0. The molecule has 0 spiro atoms. The van der Waals surface area contributed by atoms with Gasteiger partial charge in [-0.15, -0.1) is 10.2 Å². The fraction of sp³-hybridized carbons (Fsp3) is 0.458. The number of carbonyl (C=O) groups is 1. The Morgan fingerprint density at radius 2 is 1.90 bits per heavy atom. The first-order valence-corrected chi connectivity index (χ1v) is 11.2. The summed E-state index contributed by atoms with van der Waals surface area (Å²) in [5, 5.41) is 8.15. The second-order valence-electron chi connectivity index (χ2n) is 9.18. The molecule has 5 heterocycles. The van der Waals surface area contributed by atoms with Crippen LogP contribution in [0.1, 0.15) is 47.6 Å². The normalized spacial score (nSPS) is 29.0. The fourth-order valence-corrected chi connectivity index (χ4v) is 6.20. The number of benzene rings is 1. The van der Waals surface area contributed by atoms with Crippen LogP contribution in [0, 0.1) is 11.8 Å². The highest BCUT2D eigenvalue weighted by molar-refractivity contribution is 5.99. The number of likely N-dealkylation sites (tertiary alicyclic amines) is 1. The third kappa shape index (κ3) is 2.93. The molecule has 0 N–H and O–H groups in total. The molecule has 1 aromatic carbocycles. The molecule has 6 rings (SSSR count). The van der Waals surface area contributed by atoms with E-state index in [1.165, 1.54) is 31.2 Å². The van der Waals surface area contributed by atoms with Crippen LogP contribution in [0.3, 0.4) is 0 Å². The first-order chi connectivity index (χ1) is 14.8. The SMILES string of the molecule is O=C(c1cccn2cnnc12)N1C[C@@H]2C[C@H](C1)[C@@H]1CCC[C@H](c3ccccc3)N1C2. The van der Waals surface area contributed by atoms with Gasteiger partial charge >= 0.3 is 0 Å². The monoisotopic (exact) mass is 401 g/mol. The number of carbonyl (C=O) groups excluding carboxylic acids is 1. The maximum Gasteiger partial charge on any atom is 0.257 e. The minimum atomic E-state index is 0.104. The average Bonchev–Trinajstić information content (AvgIpc) is 3.28. The Morgan fingerprint density at radius 1 is 1.00 bits per heavy atom. The zero-order valence-corrected chi connectivity index (χ0v) is 17.1. The largest absolute Gasteiger partial charge is 0.338 e. The fourth-order valence-electron chi connectivity index (χ4n) is 6.20. The third-order valence-electron chi connectivity index (χ3n) is 7.41. The van der Waals surface area contributed by atoms with E-state index in [1.54, 1.807) is 6.33 Å². The molecule has 0 radical (unpaired) electrons. The van der Waals surface area contributed by atoms with Gasteiger partial charge in [-0.2, -0.15) is 0 Å². The molecular formula is C24H27N5O. The molecule has 30 heavy (non-hydrogen) atoms. The molecule has 3 saturated heterocycles. The first-order valence-electron chi connectivity index (χ1n) is 11.2. The van der Waals surface area contributed by atoms with Crippen molar-refractivity contribution in [3.05, 3.63) is 66.1 Å². The number of fused-ring (bicyclic) bond motifs is 5. The second-order valence-corrected chi connectivity index (χ2v) is 9.18. The molecule has 3 aliphatic rings. The van der Waals surface area contributed by atoms with Gasteiger partial charge in [0, 0.05) is 37.9 Å². The molecule has 2 aromatic heterocycles. The van der Waals surface area contributed by atoms with Crippen LogP contribution in [0.5, 0.6) is 0 Å². The van der Waals surface area contributed by atoms with E-state index >= 15 is 0 Å². The quantitative estimate of drug-likeness (QED) is 0.660. The Labute approximate surface area is 176 Å². The minimum absolute atomic E-state index is 0.104. The van der Waals surface area contributed by atoms with Crippen molar-refractivity contribution in [3.8, 4) is 0 Å². The van der Waals surface area contributed by atoms with Crippen molar-refractivity contribution in [1.82, 2.24) is 24.4 Å². The lowest BCUT2D eigenvalue weighted by Crippen LogP contribution is -2.60. The van der Waals surface area contributed by atoms with E-state index < -0.39 is 0 Å². The Morgan fingerprint density at radius 3 is 2.80 bits per heavy atom. The van der Waals surface area contributed by atoms with Crippen LogP contribution in [0.25, 0.3) is 5.65 Å². The highest BCUT2D eigenvalue weighted by atomic mass is 16.2. The van der Waals surface area contributed by atoms with Gasteiger partial charge in [0.2, 0.25) is 0 Å². The topological polar surface area (TPSA) is 53.7 Å². The number of rotatable bonds is 2. The summed E-state index contributed by atoms with van der Waals surface area (Å²) < 4.78 is 1.82. The highest BCUT2D eigenvalue weighted by Gasteiger charge is 2.45. The molecule has 6 nitrogen and oxygen atoms in total. The van der Waals surface area contributed by atoms with E-state index in [-0.39, 0.29) is 5.91 Å². The molecule has 1 amide bonds. The highest BCUT2D eigenvalue weighted by Crippen LogP contribution is 2.44. The van der Waals surface area contributed by atoms with E-state index in [1.807, 2.05) is 22.7 Å². The lowest BCUT2D eigenvalue weighted by atomic mass is 9.74. The summed E-state index contributed by atoms with van der Waals surface area (Å²) in [5.74, 6) is 1.21. The summed E-state index contributed by atoms with van der Waals surface area (Å²) in [5.41, 5.74) is 2.77. The van der Waals surface area contributed by atoms with Crippen LogP contribution in [-0.2, 0) is 0 Å². The van der Waals surface area contributed by atoms with E-state index in [2.05, 4.69) is 50.3 Å². The van der Waals surface area contributed by atoms with Gasteiger partial charge in [0.1, 0.15) is 6.33 Å². The van der Waals surface area contributed by atoms with Gasteiger partial charge in [0.15, 0.2) is 5.65 Å². The molecule has 0 saturated carbocycles. The van der Waals surface area contributed by atoms with Crippen LogP contribution >= 0.6 is 0 Å². The van der Waals surface area contributed by atoms with Crippen molar-refractivity contribution in [3.63, 3.8) is 0 Å². The maximum absolute atomic E-state index is 13.4. The predicted octanol–water partition coefficient (Wildman–Crippen LogP) is 3.42. The van der Waals surface area contributed by atoms with Crippen molar-refractivity contribution < 1.29 is 4.79 Å². The summed E-state index contributed by atoms with van der Waals surface area (Å²) in [6.07, 6.45) is 8.57. The molecule has 3 aliphatic heterocycles. The number of piperidine rings is 3. The Balaban J connectivity index is 1.26. The number of pyridine rings is 1. The van der Waals surface area contributed by atoms with Crippen molar-refractivity contribution in [2.75, 3.05) is 19.6 Å². The van der Waals surface area contributed by atoms with Crippen LogP contribution in [0.2, 0.25) is 0 Å². The van der Waals surface area contributed by atoms with Crippen molar-refractivity contribution >= 4 is 11.6 Å². The van der Waals surface area contributed by atoms with Crippen LogP contribution in [-0.4, -0.2) is 56.0 Å².